The van der Waals surface area contributed by atoms with E-state index in [-0.39, 0.29) is 5.56 Å². The van der Waals surface area contributed by atoms with Gasteiger partial charge in [-0.1, -0.05) is 55.6 Å². The Morgan fingerprint density at radius 1 is 0.968 bits per heavy atom. The van der Waals surface area contributed by atoms with Gasteiger partial charge in [-0.25, -0.2) is 4.98 Å². The fourth-order valence-corrected chi connectivity index (χ4v) is 4.69. The highest BCUT2D eigenvalue weighted by Crippen LogP contribution is 2.30. The van der Waals surface area contributed by atoms with E-state index in [4.69, 9.17) is 16.6 Å². The van der Waals surface area contributed by atoms with E-state index in [9.17, 15) is 4.79 Å². The molecule has 0 fully saturated rings. The third-order valence-corrected chi connectivity index (χ3v) is 6.49. The number of nitrogens with zero attached hydrogens (tertiary/aromatic N) is 3. The smallest absolute Gasteiger partial charge is 0.259 e. The lowest BCUT2D eigenvalue weighted by Crippen LogP contribution is -2.14. The minimum Gasteiger partial charge on any atom is -0.310 e. The van der Waals surface area contributed by atoms with E-state index < -0.39 is 0 Å². The molecule has 0 spiro atoms. The van der Waals surface area contributed by atoms with Crippen LogP contribution in [0.4, 0.5) is 0 Å². The van der Waals surface area contributed by atoms with E-state index >= 15 is 0 Å². The van der Waals surface area contributed by atoms with Crippen LogP contribution in [0.25, 0.3) is 28.3 Å². The molecule has 5 heteroatoms. The maximum absolute atomic E-state index is 13.0. The van der Waals surface area contributed by atoms with Crippen LogP contribution in [0.5, 0.6) is 0 Å². The quantitative estimate of drug-likeness (QED) is 0.343. The molecule has 0 unspecified atom stereocenters. The van der Waals surface area contributed by atoms with E-state index in [2.05, 4.69) is 29.7 Å². The second-order valence-corrected chi connectivity index (χ2v) is 8.80. The number of unbranched alkanes of at least 4 members (excludes halogenated alkanes) is 2. The molecule has 0 saturated carbocycles. The first-order valence-corrected chi connectivity index (χ1v) is 11.5. The van der Waals surface area contributed by atoms with Crippen LogP contribution in [0.3, 0.4) is 0 Å². The van der Waals surface area contributed by atoms with Crippen LogP contribution < -0.4 is 5.56 Å². The van der Waals surface area contributed by atoms with E-state index in [1.165, 1.54) is 24.0 Å². The van der Waals surface area contributed by atoms with Crippen LogP contribution in [0.1, 0.15) is 43.7 Å². The first kappa shape index (κ1) is 20.1. The van der Waals surface area contributed by atoms with Gasteiger partial charge in [0.05, 0.1) is 11.4 Å². The monoisotopic (exact) mass is 431 g/mol. The van der Waals surface area contributed by atoms with Crippen molar-refractivity contribution in [2.75, 3.05) is 0 Å². The summed E-state index contributed by atoms with van der Waals surface area (Å²) in [5.41, 5.74) is 6.62. The van der Waals surface area contributed by atoms with Crippen molar-refractivity contribution in [1.82, 2.24) is 14.0 Å². The molecule has 2 aromatic carbocycles. The van der Waals surface area contributed by atoms with Gasteiger partial charge in [-0.2, -0.15) is 0 Å². The molecule has 0 amide bonds. The molecule has 158 valence electrons. The zero-order valence-corrected chi connectivity index (χ0v) is 18.5. The third-order valence-electron chi connectivity index (χ3n) is 6.24. The number of imidazole rings is 1. The summed E-state index contributed by atoms with van der Waals surface area (Å²) in [5, 5.41) is 0.670. The van der Waals surface area contributed by atoms with Crippen LogP contribution in [0.15, 0.2) is 59.5 Å². The summed E-state index contributed by atoms with van der Waals surface area (Å²) in [4.78, 5) is 18.0. The summed E-state index contributed by atoms with van der Waals surface area (Å²) in [7, 11) is 0. The molecular weight excluding hydrogens is 406 g/mol. The summed E-state index contributed by atoms with van der Waals surface area (Å²) in [6.07, 6.45) is 8.84. The zero-order chi connectivity index (χ0) is 21.4. The van der Waals surface area contributed by atoms with Gasteiger partial charge in [0.25, 0.3) is 5.56 Å². The van der Waals surface area contributed by atoms with Crippen molar-refractivity contribution in [1.29, 1.82) is 0 Å². The number of fused-ring (bicyclic) bond motifs is 2. The minimum atomic E-state index is -0.0633. The number of benzene rings is 2. The van der Waals surface area contributed by atoms with Gasteiger partial charge in [0.1, 0.15) is 0 Å². The Morgan fingerprint density at radius 2 is 1.74 bits per heavy atom. The van der Waals surface area contributed by atoms with Gasteiger partial charge in [0, 0.05) is 35.0 Å². The Kier molecular flexibility index (Phi) is 5.41. The number of aryl methyl sites for hydroxylation is 3. The Morgan fingerprint density at radius 3 is 2.55 bits per heavy atom. The molecule has 4 aromatic rings. The van der Waals surface area contributed by atoms with E-state index in [0.717, 1.165) is 49.0 Å². The number of rotatable bonds is 6. The van der Waals surface area contributed by atoms with Crippen molar-refractivity contribution in [3.05, 3.63) is 81.2 Å². The van der Waals surface area contributed by atoms with Crippen molar-refractivity contribution in [2.24, 2.45) is 0 Å². The molecule has 5 rings (SSSR count). The van der Waals surface area contributed by atoms with Crippen molar-refractivity contribution in [2.45, 2.75) is 52.0 Å². The number of aromatic nitrogens is 3. The van der Waals surface area contributed by atoms with Crippen molar-refractivity contribution in [3.63, 3.8) is 0 Å². The number of halogens is 1. The van der Waals surface area contributed by atoms with Gasteiger partial charge >= 0.3 is 0 Å². The highest BCUT2D eigenvalue weighted by molar-refractivity contribution is 6.30. The van der Waals surface area contributed by atoms with Gasteiger partial charge in [-0.05, 0) is 55.0 Å². The maximum atomic E-state index is 13.0. The molecule has 0 N–H and O–H groups in total. The van der Waals surface area contributed by atoms with Crippen LogP contribution in [0.2, 0.25) is 5.02 Å². The van der Waals surface area contributed by atoms with E-state index in [1.807, 2.05) is 30.5 Å². The topological polar surface area (TPSA) is 39.3 Å². The number of hydrogen-bond donors (Lipinski definition) is 0. The highest BCUT2D eigenvalue weighted by atomic mass is 35.5. The Balaban J connectivity index is 1.68. The van der Waals surface area contributed by atoms with Gasteiger partial charge in [0.15, 0.2) is 0 Å². The van der Waals surface area contributed by atoms with Crippen molar-refractivity contribution in [3.8, 4) is 22.5 Å². The predicted octanol–water partition coefficient (Wildman–Crippen LogP) is 6.16. The molecule has 1 aliphatic carbocycles. The van der Waals surface area contributed by atoms with Crippen molar-refractivity contribution < 1.29 is 0 Å². The largest absolute Gasteiger partial charge is 0.310 e. The zero-order valence-electron chi connectivity index (χ0n) is 17.8. The normalized spacial score (nSPS) is 13.1. The van der Waals surface area contributed by atoms with Crippen LogP contribution >= 0.6 is 11.6 Å². The summed E-state index contributed by atoms with van der Waals surface area (Å²) < 4.78 is 3.90. The predicted molar refractivity (Wildman–Crippen MR) is 127 cm³/mol. The molecule has 2 heterocycles. The molecule has 0 radical (unpaired) electrons. The molecule has 2 aromatic heterocycles. The molecule has 0 aliphatic heterocycles. The second kappa shape index (κ2) is 8.35. The standard InChI is InChI=1S/C26H26ClN3O/c1-2-3-4-14-29-24(21-9-8-18-6-5-7-20(18)15-21)17-30-25(31)16-23(28-26(29)30)19-10-12-22(27)13-11-19/h8-13,15-17H,2-7,14H2,1H3. The van der Waals surface area contributed by atoms with E-state index in [0.29, 0.717) is 16.5 Å². The summed E-state index contributed by atoms with van der Waals surface area (Å²) >= 11 is 6.04. The highest BCUT2D eigenvalue weighted by Gasteiger charge is 2.17. The summed E-state index contributed by atoms with van der Waals surface area (Å²) in [5.74, 6) is 0.698. The minimum absolute atomic E-state index is 0.0633. The molecule has 4 nitrogen and oxygen atoms in total. The van der Waals surface area contributed by atoms with Gasteiger partial charge in [0.2, 0.25) is 5.78 Å². The first-order valence-electron chi connectivity index (χ1n) is 11.1. The fourth-order valence-electron chi connectivity index (χ4n) is 4.56. The Hall–Kier alpha value is -2.85. The molecule has 31 heavy (non-hydrogen) atoms. The van der Waals surface area contributed by atoms with Crippen molar-refractivity contribution >= 4 is 17.4 Å². The maximum Gasteiger partial charge on any atom is 0.259 e. The molecule has 0 bridgehead atoms. The number of hydrogen-bond acceptors (Lipinski definition) is 2. The lowest BCUT2D eigenvalue weighted by molar-refractivity contribution is 0.614. The molecule has 0 saturated heterocycles. The average molecular weight is 432 g/mol. The molecule has 0 atom stereocenters. The van der Waals surface area contributed by atoms with Crippen LogP contribution in [-0.2, 0) is 19.4 Å². The van der Waals surface area contributed by atoms with Gasteiger partial charge in [-0.15, -0.1) is 0 Å². The van der Waals surface area contributed by atoms with Gasteiger partial charge < -0.3 is 4.57 Å². The van der Waals surface area contributed by atoms with Crippen LogP contribution in [0, 0.1) is 0 Å². The lowest BCUT2D eigenvalue weighted by atomic mass is 10.0. The summed E-state index contributed by atoms with van der Waals surface area (Å²) in [6.45, 7) is 3.05. The lowest BCUT2D eigenvalue weighted by Gasteiger charge is -2.11. The Labute approximate surface area is 187 Å². The first-order chi connectivity index (χ1) is 15.1. The van der Waals surface area contributed by atoms with E-state index in [1.54, 1.807) is 10.5 Å². The average Bonchev–Trinajstić information content (AvgIpc) is 3.39. The second-order valence-electron chi connectivity index (χ2n) is 8.37. The summed E-state index contributed by atoms with van der Waals surface area (Å²) in [6, 6.07) is 15.8. The van der Waals surface area contributed by atoms with Gasteiger partial charge in [-0.3, -0.25) is 9.20 Å². The third kappa shape index (κ3) is 3.81. The van der Waals surface area contributed by atoms with Crippen LogP contribution in [-0.4, -0.2) is 14.0 Å². The Bertz CT molecular complexity index is 1300. The molecule has 1 aliphatic rings. The fraction of sp³-hybridized carbons (Fsp3) is 0.308. The SMILES string of the molecule is CCCCCn1c(-c2ccc3c(c2)CCC3)cn2c(=O)cc(-c3ccc(Cl)cc3)nc12. The molecular formula is C26H26ClN3O.